The molecule has 1 aliphatic rings. The highest BCUT2D eigenvalue weighted by molar-refractivity contribution is 5.69. The molecule has 18 heavy (non-hydrogen) atoms. The number of hydrogen-bond donors (Lipinski definition) is 0. The van der Waals surface area contributed by atoms with E-state index in [1.807, 2.05) is 30.3 Å². The number of carbonyl (C=O) groups excluding carboxylic acids is 1. The summed E-state index contributed by atoms with van der Waals surface area (Å²) in [5, 5.41) is 0. The van der Waals surface area contributed by atoms with Gasteiger partial charge in [-0.15, -0.1) is 6.42 Å². The van der Waals surface area contributed by atoms with Gasteiger partial charge in [0.05, 0.1) is 13.2 Å². The summed E-state index contributed by atoms with van der Waals surface area (Å²) in [4.78, 5) is 13.3. The van der Waals surface area contributed by atoms with Gasteiger partial charge in [0.1, 0.15) is 12.7 Å². The fourth-order valence-electron chi connectivity index (χ4n) is 1.84. The summed E-state index contributed by atoms with van der Waals surface area (Å²) in [5.74, 6) is 2.38. The summed E-state index contributed by atoms with van der Waals surface area (Å²) in [6.45, 7) is 1.69. The molecule has 1 unspecified atom stereocenters. The Morgan fingerprint density at radius 3 is 2.94 bits per heavy atom. The van der Waals surface area contributed by atoms with Crippen molar-refractivity contribution in [3.05, 3.63) is 35.9 Å². The number of nitrogens with zero attached hydrogens (tertiary/aromatic N) is 1. The third-order valence-electron chi connectivity index (χ3n) is 2.66. The van der Waals surface area contributed by atoms with Gasteiger partial charge in [-0.25, -0.2) is 4.79 Å². The molecule has 1 amide bonds. The number of hydrogen-bond acceptors (Lipinski definition) is 3. The van der Waals surface area contributed by atoms with Crippen LogP contribution in [0.5, 0.6) is 0 Å². The van der Waals surface area contributed by atoms with Crippen LogP contribution in [0.4, 0.5) is 4.79 Å². The van der Waals surface area contributed by atoms with E-state index in [0.29, 0.717) is 19.7 Å². The van der Waals surface area contributed by atoms with Crippen molar-refractivity contribution < 1.29 is 14.3 Å². The average Bonchev–Trinajstić information content (AvgIpc) is 2.72. The van der Waals surface area contributed by atoms with Crippen LogP contribution in [0.2, 0.25) is 0 Å². The normalized spacial score (nSPS) is 18.5. The van der Waals surface area contributed by atoms with E-state index in [1.54, 1.807) is 4.90 Å². The third-order valence-corrected chi connectivity index (χ3v) is 2.66. The van der Waals surface area contributed by atoms with Gasteiger partial charge in [-0.1, -0.05) is 36.3 Å². The van der Waals surface area contributed by atoms with Crippen molar-refractivity contribution in [3.63, 3.8) is 0 Å². The van der Waals surface area contributed by atoms with E-state index in [1.165, 1.54) is 0 Å². The topological polar surface area (TPSA) is 38.8 Å². The van der Waals surface area contributed by atoms with E-state index in [-0.39, 0.29) is 18.8 Å². The predicted molar refractivity (Wildman–Crippen MR) is 66.8 cm³/mol. The van der Waals surface area contributed by atoms with Crippen LogP contribution in [0, 0.1) is 12.3 Å². The van der Waals surface area contributed by atoms with Crippen molar-refractivity contribution in [2.45, 2.75) is 12.6 Å². The highest BCUT2D eigenvalue weighted by Crippen LogP contribution is 2.15. The summed E-state index contributed by atoms with van der Waals surface area (Å²) in [6, 6.07) is 9.81. The summed E-state index contributed by atoms with van der Waals surface area (Å²) in [6.07, 6.45) is 4.55. The Kier molecular flexibility index (Phi) is 4.21. The number of carbonyl (C=O) groups is 1. The SMILES string of the molecule is C#CCOCC1CN(Cc2ccccc2)C(=O)O1. The Bertz CT molecular complexity index is 438. The fourth-order valence-corrected chi connectivity index (χ4v) is 1.84. The first-order chi connectivity index (χ1) is 8.79. The molecule has 1 aliphatic heterocycles. The zero-order valence-electron chi connectivity index (χ0n) is 10.0. The average molecular weight is 245 g/mol. The van der Waals surface area contributed by atoms with Crippen molar-refractivity contribution in [2.75, 3.05) is 19.8 Å². The highest BCUT2D eigenvalue weighted by Gasteiger charge is 2.31. The van der Waals surface area contributed by atoms with Crippen LogP contribution in [0.25, 0.3) is 0 Å². The quantitative estimate of drug-likeness (QED) is 0.585. The van der Waals surface area contributed by atoms with Crippen LogP contribution < -0.4 is 0 Å². The van der Waals surface area contributed by atoms with Gasteiger partial charge >= 0.3 is 6.09 Å². The lowest BCUT2D eigenvalue weighted by Gasteiger charge is -2.12. The van der Waals surface area contributed by atoms with E-state index in [4.69, 9.17) is 15.9 Å². The van der Waals surface area contributed by atoms with Crippen molar-refractivity contribution in [1.82, 2.24) is 4.90 Å². The minimum Gasteiger partial charge on any atom is -0.442 e. The number of terminal acetylenes is 1. The molecule has 0 radical (unpaired) electrons. The van der Waals surface area contributed by atoms with Crippen molar-refractivity contribution in [2.24, 2.45) is 0 Å². The molecule has 1 saturated heterocycles. The zero-order valence-corrected chi connectivity index (χ0v) is 10.0. The molecule has 1 heterocycles. The minimum absolute atomic E-state index is 0.227. The molecule has 4 nitrogen and oxygen atoms in total. The Morgan fingerprint density at radius 2 is 2.22 bits per heavy atom. The van der Waals surface area contributed by atoms with E-state index < -0.39 is 0 Å². The van der Waals surface area contributed by atoms with Gasteiger partial charge in [0.15, 0.2) is 0 Å². The maximum absolute atomic E-state index is 11.6. The molecule has 1 aromatic rings. The number of cyclic esters (lactones) is 1. The molecule has 4 heteroatoms. The molecule has 94 valence electrons. The first kappa shape index (κ1) is 12.5. The van der Waals surface area contributed by atoms with Crippen LogP contribution in [0.1, 0.15) is 5.56 Å². The van der Waals surface area contributed by atoms with E-state index in [2.05, 4.69) is 5.92 Å². The van der Waals surface area contributed by atoms with Gasteiger partial charge < -0.3 is 14.4 Å². The fraction of sp³-hybridized carbons (Fsp3) is 0.357. The molecule has 1 atom stereocenters. The molecule has 0 N–H and O–H groups in total. The molecule has 1 fully saturated rings. The molecular formula is C14H15NO3. The number of ether oxygens (including phenoxy) is 2. The lowest BCUT2D eigenvalue weighted by Crippen LogP contribution is -2.25. The van der Waals surface area contributed by atoms with E-state index >= 15 is 0 Å². The number of rotatable bonds is 5. The molecule has 1 aromatic carbocycles. The molecule has 0 aromatic heterocycles. The van der Waals surface area contributed by atoms with E-state index in [0.717, 1.165) is 5.56 Å². The van der Waals surface area contributed by atoms with Gasteiger partial charge in [0.25, 0.3) is 0 Å². The van der Waals surface area contributed by atoms with Crippen LogP contribution >= 0.6 is 0 Å². The largest absolute Gasteiger partial charge is 0.442 e. The second kappa shape index (κ2) is 6.08. The number of amides is 1. The van der Waals surface area contributed by atoms with Crippen LogP contribution in [-0.2, 0) is 16.0 Å². The first-order valence-electron chi connectivity index (χ1n) is 5.80. The summed E-state index contributed by atoms with van der Waals surface area (Å²) in [7, 11) is 0. The monoisotopic (exact) mass is 245 g/mol. The van der Waals surface area contributed by atoms with Gasteiger partial charge in [0, 0.05) is 6.54 Å². The predicted octanol–water partition coefficient (Wildman–Crippen LogP) is 1.66. The second-order valence-electron chi connectivity index (χ2n) is 4.09. The molecule has 0 saturated carbocycles. The molecule has 0 aliphatic carbocycles. The van der Waals surface area contributed by atoms with Crippen molar-refractivity contribution in [3.8, 4) is 12.3 Å². The Balaban J connectivity index is 1.84. The Morgan fingerprint density at radius 1 is 1.44 bits per heavy atom. The molecule has 0 spiro atoms. The maximum atomic E-state index is 11.6. The van der Waals surface area contributed by atoms with Gasteiger partial charge in [0.2, 0.25) is 0 Å². The minimum atomic E-state index is -0.298. The van der Waals surface area contributed by atoms with Crippen LogP contribution in [0.15, 0.2) is 30.3 Å². The lowest BCUT2D eigenvalue weighted by molar-refractivity contribution is 0.0597. The van der Waals surface area contributed by atoms with Gasteiger partial charge in [-0.3, -0.25) is 0 Å². The van der Waals surface area contributed by atoms with Crippen molar-refractivity contribution >= 4 is 6.09 Å². The molecule has 2 rings (SSSR count). The third kappa shape index (κ3) is 3.25. The number of benzene rings is 1. The van der Waals surface area contributed by atoms with E-state index in [9.17, 15) is 4.79 Å². The highest BCUT2D eigenvalue weighted by atomic mass is 16.6. The molecular weight excluding hydrogens is 230 g/mol. The second-order valence-corrected chi connectivity index (χ2v) is 4.09. The lowest BCUT2D eigenvalue weighted by atomic mass is 10.2. The van der Waals surface area contributed by atoms with Gasteiger partial charge in [-0.2, -0.15) is 0 Å². The van der Waals surface area contributed by atoms with Crippen molar-refractivity contribution in [1.29, 1.82) is 0 Å². The zero-order chi connectivity index (χ0) is 12.8. The van der Waals surface area contributed by atoms with Crippen LogP contribution in [-0.4, -0.2) is 36.9 Å². The smallest absolute Gasteiger partial charge is 0.410 e. The summed E-state index contributed by atoms with van der Waals surface area (Å²) >= 11 is 0. The summed E-state index contributed by atoms with van der Waals surface area (Å²) < 4.78 is 10.4. The van der Waals surface area contributed by atoms with Crippen LogP contribution in [0.3, 0.4) is 0 Å². The first-order valence-corrected chi connectivity index (χ1v) is 5.80. The standard InChI is InChI=1S/C14H15NO3/c1-2-8-17-11-13-10-15(14(16)18-13)9-12-6-4-3-5-7-12/h1,3-7,13H,8-11H2. The maximum Gasteiger partial charge on any atom is 0.410 e. The molecule has 0 bridgehead atoms. The van der Waals surface area contributed by atoms with Gasteiger partial charge in [-0.05, 0) is 5.56 Å². The summed E-state index contributed by atoms with van der Waals surface area (Å²) in [5.41, 5.74) is 1.08. The Labute approximate surface area is 106 Å². The Hall–Kier alpha value is -1.99.